The van der Waals surface area contributed by atoms with Crippen LogP contribution in [0.25, 0.3) is 0 Å². The molecule has 1 aromatic carbocycles. The lowest BCUT2D eigenvalue weighted by Gasteiger charge is -2.44. The number of nitrogens with zero attached hydrogens (tertiary/aromatic N) is 2. The molecule has 2 aliphatic rings. The summed E-state index contributed by atoms with van der Waals surface area (Å²) in [6, 6.07) is 13.3. The van der Waals surface area contributed by atoms with Gasteiger partial charge in [-0.3, -0.25) is 19.3 Å². The number of hydrogen-bond acceptors (Lipinski definition) is 6. The van der Waals surface area contributed by atoms with Crippen LogP contribution in [0.2, 0.25) is 0 Å². The van der Waals surface area contributed by atoms with Crippen LogP contribution < -0.4 is 5.32 Å². The number of likely N-dealkylation sites (tertiary alicyclic amines) is 1. The molecule has 182 valence electrons. The molecule has 3 amide bonds. The summed E-state index contributed by atoms with van der Waals surface area (Å²) in [4.78, 5) is 43.1. The molecule has 2 saturated heterocycles. The largest absolute Gasteiger partial charge is 0.467 e. The number of carbonyl (C=O) groups is 3. The van der Waals surface area contributed by atoms with Crippen molar-refractivity contribution >= 4 is 17.7 Å². The van der Waals surface area contributed by atoms with E-state index in [1.54, 1.807) is 52.5 Å². The lowest BCUT2D eigenvalue weighted by Crippen LogP contribution is -2.59. The van der Waals surface area contributed by atoms with E-state index in [1.165, 1.54) is 6.26 Å². The van der Waals surface area contributed by atoms with Crippen molar-refractivity contribution < 1.29 is 28.0 Å². The van der Waals surface area contributed by atoms with Crippen LogP contribution in [0.4, 0.5) is 0 Å². The highest BCUT2D eigenvalue weighted by molar-refractivity contribution is 5.99. The number of amides is 3. The molecule has 0 bridgehead atoms. The van der Waals surface area contributed by atoms with Crippen LogP contribution in [0.3, 0.4) is 0 Å². The van der Waals surface area contributed by atoms with E-state index in [2.05, 4.69) is 5.32 Å². The van der Waals surface area contributed by atoms with Gasteiger partial charge in [0.05, 0.1) is 25.7 Å². The Bertz CT molecular complexity index is 1200. The fourth-order valence-corrected chi connectivity index (χ4v) is 4.83. The summed E-state index contributed by atoms with van der Waals surface area (Å²) in [6.45, 7) is 2.91. The summed E-state index contributed by atoms with van der Waals surface area (Å²) in [7, 11) is 0. The van der Waals surface area contributed by atoms with Crippen molar-refractivity contribution in [3.8, 4) is 0 Å². The Hall–Kier alpha value is -3.85. The smallest absolute Gasteiger partial charge is 0.289 e. The van der Waals surface area contributed by atoms with Gasteiger partial charge in [-0.05, 0) is 42.8 Å². The van der Waals surface area contributed by atoms with E-state index in [1.807, 2.05) is 19.1 Å². The summed E-state index contributed by atoms with van der Waals surface area (Å²) in [5, 5.41) is 2.86. The summed E-state index contributed by atoms with van der Waals surface area (Å²) < 4.78 is 16.8. The van der Waals surface area contributed by atoms with E-state index in [4.69, 9.17) is 13.6 Å². The lowest BCUT2D eigenvalue weighted by atomic mass is 9.95. The van der Waals surface area contributed by atoms with Gasteiger partial charge < -0.3 is 23.8 Å². The van der Waals surface area contributed by atoms with Gasteiger partial charge in [-0.25, -0.2) is 0 Å². The molecule has 4 heterocycles. The third-order valence-corrected chi connectivity index (χ3v) is 6.74. The van der Waals surface area contributed by atoms with Crippen molar-refractivity contribution in [3.05, 3.63) is 83.7 Å². The number of rotatable bonds is 5. The Morgan fingerprint density at radius 2 is 1.71 bits per heavy atom. The molecule has 1 atom stereocenters. The second-order valence-corrected chi connectivity index (χ2v) is 8.83. The average molecular weight is 478 g/mol. The molecule has 9 nitrogen and oxygen atoms in total. The third-order valence-electron chi connectivity index (χ3n) is 6.74. The summed E-state index contributed by atoms with van der Waals surface area (Å²) in [6.07, 6.45) is 3.78. The Morgan fingerprint density at radius 3 is 2.40 bits per heavy atom. The van der Waals surface area contributed by atoms with Crippen molar-refractivity contribution in [2.24, 2.45) is 0 Å². The fraction of sp³-hybridized carbons (Fsp3) is 0.346. The molecule has 0 saturated carbocycles. The number of benzene rings is 1. The van der Waals surface area contributed by atoms with Crippen LogP contribution in [-0.2, 0) is 16.1 Å². The molecule has 1 spiro atoms. The first-order valence-corrected chi connectivity index (χ1v) is 11.6. The molecule has 9 heteroatoms. The summed E-state index contributed by atoms with van der Waals surface area (Å²) in [5.74, 6) is 0.121. The van der Waals surface area contributed by atoms with E-state index in [9.17, 15) is 14.4 Å². The van der Waals surface area contributed by atoms with Gasteiger partial charge in [0.2, 0.25) is 5.91 Å². The van der Waals surface area contributed by atoms with E-state index < -0.39 is 11.8 Å². The predicted molar refractivity (Wildman–Crippen MR) is 124 cm³/mol. The van der Waals surface area contributed by atoms with Crippen LogP contribution in [0.15, 0.2) is 69.9 Å². The van der Waals surface area contributed by atoms with Gasteiger partial charge in [0.25, 0.3) is 11.8 Å². The molecule has 0 aliphatic carbocycles. The molecule has 3 aromatic rings. The van der Waals surface area contributed by atoms with Gasteiger partial charge in [0.15, 0.2) is 5.76 Å². The van der Waals surface area contributed by atoms with Gasteiger partial charge in [0.1, 0.15) is 17.5 Å². The van der Waals surface area contributed by atoms with Crippen LogP contribution in [0.5, 0.6) is 0 Å². The average Bonchev–Trinajstić information content (AvgIpc) is 3.64. The summed E-state index contributed by atoms with van der Waals surface area (Å²) >= 11 is 0. The maximum atomic E-state index is 13.8. The molecule has 2 fully saturated rings. The topological polar surface area (TPSA) is 105 Å². The van der Waals surface area contributed by atoms with Crippen LogP contribution in [-0.4, -0.2) is 59.0 Å². The fourth-order valence-electron chi connectivity index (χ4n) is 4.83. The molecular weight excluding hydrogens is 450 g/mol. The molecular formula is C26H27N3O6. The van der Waals surface area contributed by atoms with Crippen molar-refractivity contribution in [1.29, 1.82) is 0 Å². The minimum atomic E-state index is -0.980. The number of furan rings is 2. The number of aryl methyl sites for hydroxylation is 1. The second kappa shape index (κ2) is 9.42. The molecule has 2 aliphatic heterocycles. The van der Waals surface area contributed by atoms with Crippen LogP contribution >= 0.6 is 0 Å². The third kappa shape index (κ3) is 4.35. The minimum absolute atomic E-state index is 0.0771. The maximum Gasteiger partial charge on any atom is 0.289 e. The molecule has 2 aromatic heterocycles. The van der Waals surface area contributed by atoms with Gasteiger partial charge in [-0.15, -0.1) is 0 Å². The Labute approximate surface area is 202 Å². The van der Waals surface area contributed by atoms with Crippen molar-refractivity contribution in [1.82, 2.24) is 15.1 Å². The first-order chi connectivity index (χ1) is 17.0. The van der Waals surface area contributed by atoms with Crippen LogP contribution in [0, 0.1) is 6.92 Å². The van der Waals surface area contributed by atoms with Crippen molar-refractivity contribution in [2.45, 2.75) is 38.1 Å². The van der Waals surface area contributed by atoms with E-state index in [0.29, 0.717) is 37.3 Å². The number of hydrogen-bond donors (Lipinski definition) is 1. The Morgan fingerprint density at radius 1 is 0.971 bits per heavy atom. The lowest BCUT2D eigenvalue weighted by molar-refractivity contribution is -0.128. The van der Waals surface area contributed by atoms with Crippen LogP contribution in [0.1, 0.15) is 45.1 Å². The zero-order valence-corrected chi connectivity index (χ0v) is 19.4. The van der Waals surface area contributed by atoms with Gasteiger partial charge >= 0.3 is 0 Å². The van der Waals surface area contributed by atoms with E-state index in [0.717, 1.165) is 5.56 Å². The zero-order valence-electron chi connectivity index (χ0n) is 19.4. The minimum Gasteiger partial charge on any atom is -0.467 e. The number of nitrogens with one attached hydrogen (secondary N) is 1. The van der Waals surface area contributed by atoms with Gasteiger partial charge in [0, 0.05) is 31.5 Å². The van der Waals surface area contributed by atoms with Crippen molar-refractivity contribution in [3.63, 3.8) is 0 Å². The zero-order chi connectivity index (χ0) is 24.4. The first-order valence-electron chi connectivity index (χ1n) is 11.6. The molecule has 1 N–H and O–H groups in total. The highest BCUT2D eigenvalue weighted by Crippen LogP contribution is 2.39. The molecule has 0 radical (unpaired) electrons. The molecule has 35 heavy (non-hydrogen) atoms. The number of piperidine rings is 1. The molecule has 5 rings (SSSR count). The van der Waals surface area contributed by atoms with Gasteiger partial charge in [-0.1, -0.05) is 18.2 Å². The standard InChI is InChI=1S/C26H27N3O6/c1-18-6-2-3-8-20(18)24(31)29-21(23(30)27-16-19-7-4-14-33-19)17-35-26(29)10-12-28(13-11-26)25(32)22-9-5-15-34-22/h2-9,14-15,21H,10-13,16-17H2,1H3,(H,27,30)/t21-/m1/s1. The van der Waals surface area contributed by atoms with E-state index >= 15 is 0 Å². The molecule has 0 unspecified atom stereocenters. The highest BCUT2D eigenvalue weighted by atomic mass is 16.5. The second-order valence-electron chi connectivity index (χ2n) is 8.83. The Balaban J connectivity index is 1.38. The van der Waals surface area contributed by atoms with Gasteiger partial charge in [-0.2, -0.15) is 0 Å². The number of carbonyl (C=O) groups excluding carboxylic acids is 3. The maximum absolute atomic E-state index is 13.8. The normalized spacial score (nSPS) is 19.2. The Kier molecular flexibility index (Phi) is 6.17. The predicted octanol–water partition coefficient (Wildman–Crippen LogP) is 2.97. The highest BCUT2D eigenvalue weighted by Gasteiger charge is 2.54. The number of ether oxygens (including phenoxy) is 1. The van der Waals surface area contributed by atoms with E-state index in [-0.39, 0.29) is 36.6 Å². The first kappa shape index (κ1) is 22.9. The van der Waals surface area contributed by atoms with Crippen molar-refractivity contribution in [2.75, 3.05) is 19.7 Å². The monoisotopic (exact) mass is 477 g/mol. The SMILES string of the molecule is Cc1ccccc1C(=O)N1[C@@H](C(=O)NCc2ccco2)COC12CCN(C(=O)c1ccco1)CC2. The quantitative estimate of drug-likeness (QED) is 0.606. The summed E-state index contributed by atoms with van der Waals surface area (Å²) in [5.41, 5.74) is 0.362.